The third-order valence-electron chi connectivity index (χ3n) is 2.98. The molecule has 1 atom stereocenters. The van der Waals surface area contributed by atoms with Gasteiger partial charge in [0.05, 0.1) is 36.5 Å². The first-order valence-corrected chi connectivity index (χ1v) is 5.67. The van der Waals surface area contributed by atoms with Crippen molar-refractivity contribution in [2.75, 3.05) is 6.61 Å². The number of aliphatic hydroxyl groups is 1. The summed E-state index contributed by atoms with van der Waals surface area (Å²) in [7, 11) is 0. The van der Waals surface area contributed by atoms with Gasteiger partial charge in [-0.05, 0) is 32.1 Å². The Bertz CT molecular complexity index is 403. The van der Waals surface area contributed by atoms with E-state index in [0.29, 0.717) is 6.42 Å². The third-order valence-corrected chi connectivity index (χ3v) is 2.98. The summed E-state index contributed by atoms with van der Waals surface area (Å²) in [4.78, 5) is 0. The van der Waals surface area contributed by atoms with Gasteiger partial charge in [0.15, 0.2) is 0 Å². The highest BCUT2D eigenvalue weighted by Crippen LogP contribution is 2.33. The van der Waals surface area contributed by atoms with Crippen LogP contribution >= 0.6 is 0 Å². The van der Waals surface area contributed by atoms with Gasteiger partial charge in [-0.1, -0.05) is 5.21 Å². The first kappa shape index (κ1) is 11.1. The fourth-order valence-corrected chi connectivity index (χ4v) is 1.80. The van der Waals surface area contributed by atoms with E-state index >= 15 is 0 Å². The molecular formula is C11H16N4O. The van der Waals surface area contributed by atoms with Crippen LogP contribution in [0.1, 0.15) is 37.2 Å². The van der Waals surface area contributed by atoms with E-state index in [1.54, 1.807) is 4.68 Å². The van der Waals surface area contributed by atoms with Gasteiger partial charge in [0, 0.05) is 0 Å². The van der Waals surface area contributed by atoms with Crippen molar-refractivity contribution < 1.29 is 5.11 Å². The van der Waals surface area contributed by atoms with Crippen LogP contribution in [-0.2, 0) is 12.8 Å². The Morgan fingerprint density at radius 2 is 2.38 bits per heavy atom. The highest BCUT2D eigenvalue weighted by Gasteiger charge is 2.26. The molecule has 16 heavy (non-hydrogen) atoms. The normalized spacial score (nSPS) is 17.1. The smallest absolute Gasteiger partial charge is 0.0999 e. The lowest BCUT2D eigenvalue weighted by Gasteiger charge is -2.12. The molecule has 0 aromatic carbocycles. The molecule has 0 saturated heterocycles. The van der Waals surface area contributed by atoms with Gasteiger partial charge in [-0.15, -0.1) is 5.10 Å². The average Bonchev–Trinajstić information content (AvgIpc) is 3.02. The van der Waals surface area contributed by atoms with Crippen LogP contribution in [0.25, 0.3) is 0 Å². The van der Waals surface area contributed by atoms with Crippen molar-refractivity contribution in [2.24, 2.45) is 5.92 Å². The number of aliphatic hydroxyl groups excluding tert-OH is 1. The van der Waals surface area contributed by atoms with Crippen LogP contribution in [0.4, 0.5) is 0 Å². The zero-order valence-electron chi connectivity index (χ0n) is 9.43. The van der Waals surface area contributed by atoms with Gasteiger partial charge in [0.25, 0.3) is 0 Å². The number of nitriles is 1. The van der Waals surface area contributed by atoms with Crippen LogP contribution in [0.3, 0.4) is 0 Å². The van der Waals surface area contributed by atoms with Crippen LogP contribution in [0.2, 0.25) is 0 Å². The zero-order valence-corrected chi connectivity index (χ0v) is 9.43. The lowest BCUT2D eigenvalue weighted by atomic mass is 10.1. The van der Waals surface area contributed by atoms with Crippen LogP contribution in [0, 0.1) is 17.2 Å². The molecule has 0 radical (unpaired) electrons. The van der Waals surface area contributed by atoms with Gasteiger partial charge in [-0.3, -0.25) is 0 Å². The monoisotopic (exact) mass is 220 g/mol. The molecule has 1 heterocycles. The molecule has 0 aliphatic heterocycles. The van der Waals surface area contributed by atoms with E-state index in [2.05, 4.69) is 16.4 Å². The van der Waals surface area contributed by atoms with Gasteiger partial charge in [-0.25, -0.2) is 4.68 Å². The van der Waals surface area contributed by atoms with Crippen molar-refractivity contribution in [3.05, 3.63) is 11.4 Å². The Kier molecular flexibility index (Phi) is 3.20. The second-order valence-corrected chi connectivity index (χ2v) is 4.44. The van der Waals surface area contributed by atoms with E-state index in [1.165, 1.54) is 12.8 Å². The van der Waals surface area contributed by atoms with Gasteiger partial charge in [0.1, 0.15) is 0 Å². The summed E-state index contributed by atoms with van der Waals surface area (Å²) in [5.41, 5.74) is 1.81. The second kappa shape index (κ2) is 4.62. The molecule has 0 spiro atoms. The maximum atomic E-state index is 9.15. The second-order valence-electron chi connectivity index (χ2n) is 4.44. The van der Waals surface area contributed by atoms with Crippen LogP contribution in [-0.4, -0.2) is 26.7 Å². The average molecular weight is 220 g/mol. The van der Waals surface area contributed by atoms with E-state index in [1.807, 2.05) is 6.92 Å². The zero-order chi connectivity index (χ0) is 11.5. The quantitative estimate of drug-likeness (QED) is 0.798. The minimum atomic E-state index is -0.0614. The number of aromatic nitrogens is 3. The summed E-state index contributed by atoms with van der Waals surface area (Å²) in [5.74, 6) is 0.723. The lowest BCUT2D eigenvalue weighted by molar-refractivity contribution is 0.225. The minimum absolute atomic E-state index is 0.0486. The Labute approximate surface area is 94.7 Å². The summed E-state index contributed by atoms with van der Waals surface area (Å²) in [6.45, 7) is 1.95. The fourth-order valence-electron chi connectivity index (χ4n) is 1.80. The Balaban J connectivity index is 2.25. The lowest BCUT2D eigenvalue weighted by Crippen LogP contribution is -2.15. The van der Waals surface area contributed by atoms with Crippen molar-refractivity contribution in [2.45, 2.75) is 38.6 Å². The standard InChI is InChI=1S/C11H16N4O/c1-8(7-16)15-11(6-9-2-3-9)10(4-5-12)13-14-15/h8-9,16H,2-4,6-7H2,1H3. The Morgan fingerprint density at radius 3 is 2.94 bits per heavy atom. The molecule has 0 amide bonds. The van der Waals surface area contributed by atoms with E-state index in [0.717, 1.165) is 23.7 Å². The number of hydrogen-bond acceptors (Lipinski definition) is 4. The van der Waals surface area contributed by atoms with E-state index in [4.69, 9.17) is 10.4 Å². The molecule has 5 heteroatoms. The summed E-state index contributed by atoms with van der Waals surface area (Å²) < 4.78 is 1.77. The van der Waals surface area contributed by atoms with Crippen LogP contribution in [0.5, 0.6) is 0 Å². The molecule has 1 aliphatic rings. The maximum Gasteiger partial charge on any atom is 0.0999 e. The molecule has 1 saturated carbocycles. The topological polar surface area (TPSA) is 74.7 Å². The molecule has 0 bridgehead atoms. The van der Waals surface area contributed by atoms with Gasteiger partial charge >= 0.3 is 0 Å². The number of hydrogen-bond donors (Lipinski definition) is 1. The molecule has 1 aliphatic carbocycles. The predicted molar refractivity (Wildman–Crippen MR) is 57.6 cm³/mol. The highest BCUT2D eigenvalue weighted by atomic mass is 16.3. The molecule has 5 nitrogen and oxygen atoms in total. The minimum Gasteiger partial charge on any atom is -0.394 e. The summed E-state index contributed by atoms with van der Waals surface area (Å²) in [6.07, 6.45) is 3.75. The van der Waals surface area contributed by atoms with Crippen molar-refractivity contribution in [3.63, 3.8) is 0 Å². The maximum absolute atomic E-state index is 9.15. The largest absolute Gasteiger partial charge is 0.394 e. The molecule has 1 aromatic heterocycles. The van der Waals surface area contributed by atoms with Gasteiger partial charge < -0.3 is 5.11 Å². The molecule has 1 aromatic rings. The van der Waals surface area contributed by atoms with Gasteiger partial charge in [-0.2, -0.15) is 5.26 Å². The van der Waals surface area contributed by atoms with Crippen molar-refractivity contribution in [1.29, 1.82) is 5.26 Å². The first-order chi connectivity index (χ1) is 7.76. The molecular weight excluding hydrogens is 204 g/mol. The Morgan fingerprint density at radius 1 is 1.62 bits per heavy atom. The molecule has 86 valence electrons. The summed E-state index contributed by atoms with van der Waals surface area (Å²) in [5, 5.41) is 25.9. The molecule has 1 fully saturated rings. The van der Waals surface area contributed by atoms with Crippen LogP contribution < -0.4 is 0 Å². The van der Waals surface area contributed by atoms with E-state index < -0.39 is 0 Å². The molecule has 2 rings (SSSR count). The van der Waals surface area contributed by atoms with Crippen LogP contribution in [0.15, 0.2) is 0 Å². The number of rotatable bonds is 5. The van der Waals surface area contributed by atoms with Crippen molar-refractivity contribution >= 4 is 0 Å². The number of nitrogens with zero attached hydrogens (tertiary/aromatic N) is 4. The first-order valence-electron chi connectivity index (χ1n) is 5.67. The van der Waals surface area contributed by atoms with E-state index in [9.17, 15) is 0 Å². The van der Waals surface area contributed by atoms with E-state index in [-0.39, 0.29) is 12.6 Å². The highest BCUT2D eigenvalue weighted by molar-refractivity contribution is 5.16. The van der Waals surface area contributed by atoms with Crippen molar-refractivity contribution in [1.82, 2.24) is 15.0 Å². The predicted octanol–water partition coefficient (Wildman–Crippen LogP) is 0.850. The molecule has 1 unspecified atom stereocenters. The third kappa shape index (κ3) is 2.22. The summed E-state index contributed by atoms with van der Waals surface area (Å²) >= 11 is 0. The SMILES string of the molecule is CC(CO)n1nnc(CC#N)c1CC1CC1. The van der Waals surface area contributed by atoms with Crippen molar-refractivity contribution in [3.8, 4) is 6.07 Å². The fraction of sp³-hybridized carbons (Fsp3) is 0.727. The molecule has 1 N–H and O–H groups in total. The summed E-state index contributed by atoms with van der Waals surface area (Å²) in [6, 6.07) is 2.05. The van der Waals surface area contributed by atoms with Gasteiger partial charge in [0.2, 0.25) is 0 Å². The Hall–Kier alpha value is -1.41.